The zero-order chi connectivity index (χ0) is 15.1. The van der Waals surface area contributed by atoms with Gasteiger partial charge >= 0.3 is 5.69 Å². The summed E-state index contributed by atoms with van der Waals surface area (Å²) in [5.74, 6) is 0. The molecule has 0 fully saturated rings. The lowest BCUT2D eigenvalue weighted by molar-refractivity contribution is 0.180. The topological polar surface area (TPSA) is 64.2 Å². The molecule has 0 aliphatic heterocycles. The molecular formula is C15H26N2O3. The minimum Gasteiger partial charge on any atom is -0.393 e. The van der Waals surface area contributed by atoms with Gasteiger partial charge in [-0.2, -0.15) is 0 Å². The van der Waals surface area contributed by atoms with E-state index in [0.29, 0.717) is 12.1 Å². The van der Waals surface area contributed by atoms with Crippen LogP contribution in [0.25, 0.3) is 0 Å². The van der Waals surface area contributed by atoms with Gasteiger partial charge in [0.15, 0.2) is 0 Å². The van der Waals surface area contributed by atoms with E-state index in [2.05, 4.69) is 0 Å². The first kappa shape index (κ1) is 16.7. The van der Waals surface area contributed by atoms with Crippen LogP contribution in [0.2, 0.25) is 0 Å². The SMILES string of the molecule is Cc1cn(C)c(=O)n(CCCCCCCC(C)O)c1=O. The molecule has 0 saturated carbocycles. The quantitative estimate of drug-likeness (QED) is 0.736. The van der Waals surface area contributed by atoms with E-state index in [1.807, 2.05) is 0 Å². The molecule has 1 rings (SSSR count). The number of aryl methyl sites for hydroxylation is 2. The maximum Gasteiger partial charge on any atom is 0.330 e. The number of aliphatic hydroxyl groups is 1. The Labute approximate surface area is 119 Å². The molecule has 0 spiro atoms. The third kappa shape index (κ3) is 4.96. The minimum absolute atomic E-state index is 0.179. The fourth-order valence-electron chi connectivity index (χ4n) is 2.33. The Kier molecular flexibility index (Phi) is 6.71. The summed E-state index contributed by atoms with van der Waals surface area (Å²) < 4.78 is 2.78. The van der Waals surface area contributed by atoms with Crippen LogP contribution in [0.15, 0.2) is 15.8 Å². The zero-order valence-corrected chi connectivity index (χ0v) is 12.8. The fraction of sp³-hybridized carbons (Fsp3) is 0.733. The molecule has 1 N–H and O–H groups in total. The van der Waals surface area contributed by atoms with Crippen LogP contribution in [0.4, 0.5) is 0 Å². The van der Waals surface area contributed by atoms with Crippen LogP contribution >= 0.6 is 0 Å². The molecular weight excluding hydrogens is 256 g/mol. The summed E-state index contributed by atoms with van der Waals surface area (Å²) in [7, 11) is 1.67. The molecule has 0 bridgehead atoms. The monoisotopic (exact) mass is 282 g/mol. The highest BCUT2D eigenvalue weighted by Gasteiger charge is 2.06. The Bertz CT molecular complexity index is 495. The van der Waals surface area contributed by atoms with Gasteiger partial charge in [-0.3, -0.25) is 9.36 Å². The van der Waals surface area contributed by atoms with Gasteiger partial charge in [-0.25, -0.2) is 4.79 Å². The van der Waals surface area contributed by atoms with E-state index >= 15 is 0 Å². The summed E-state index contributed by atoms with van der Waals surface area (Å²) >= 11 is 0. The molecule has 1 unspecified atom stereocenters. The van der Waals surface area contributed by atoms with Crippen molar-refractivity contribution in [2.24, 2.45) is 7.05 Å². The number of rotatable bonds is 8. The average molecular weight is 282 g/mol. The predicted octanol–water partition coefficient (Wildman–Crippen LogP) is 1.58. The summed E-state index contributed by atoms with van der Waals surface area (Å²) in [4.78, 5) is 23.8. The van der Waals surface area contributed by atoms with Gasteiger partial charge in [-0.1, -0.05) is 25.7 Å². The molecule has 1 aromatic heterocycles. The molecule has 114 valence electrons. The third-order valence-corrected chi connectivity index (χ3v) is 3.51. The Morgan fingerprint density at radius 3 is 2.40 bits per heavy atom. The molecule has 20 heavy (non-hydrogen) atoms. The van der Waals surface area contributed by atoms with Crippen LogP contribution in [-0.2, 0) is 13.6 Å². The van der Waals surface area contributed by atoms with Crippen LogP contribution in [0.3, 0.4) is 0 Å². The van der Waals surface area contributed by atoms with Gasteiger partial charge in [-0.05, 0) is 26.7 Å². The second kappa shape index (κ2) is 8.04. The van der Waals surface area contributed by atoms with Gasteiger partial charge in [0, 0.05) is 25.4 Å². The summed E-state index contributed by atoms with van der Waals surface area (Å²) in [5, 5.41) is 9.14. The molecule has 5 heteroatoms. The number of unbranched alkanes of at least 4 members (excludes halogenated alkanes) is 4. The van der Waals surface area contributed by atoms with Crippen molar-refractivity contribution >= 4 is 0 Å². The van der Waals surface area contributed by atoms with E-state index in [4.69, 9.17) is 5.11 Å². The normalized spacial score (nSPS) is 12.6. The van der Waals surface area contributed by atoms with Crippen LogP contribution < -0.4 is 11.2 Å². The predicted molar refractivity (Wildman–Crippen MR) is 80.1 cm³/mol. The lowest BCUT2D eigenvalue weighted by atomic mass is 10.1. The molecule has 1 heterocycles. The lowest BCUT2D eigenvalue weighted by Gasteiger charge is -2.08. The highest BCUT2D eigenvalue weighted by Crippen LogP contribution is 2.07. The highest BCUT2D eigenvalue weighted by molar-refractivity contribution is 5.02. The zero-order valence-electron chi connectivity index (χ0n) is 12.8. The second-order valence-corrected chi connectivity index (χ2v) is 5.57. The van der Waals surface area contributed by atoms with Gasteiger partial charge in [0.25, 0.3) is 5.56 Å². The molecule has 5 nitrogen and oxygen atoms in total. The fourth-order valence-corrected chi connectivity index (χ4v) is 2.33. The van der Waals surface area contributed by atoms with E-state index in [1.54, 1.807) is 27.1 Å². The lowest BCUT2D eigenvalue weighted by Crippen LogP contribution is -2.39. The van der Waals surface area contributed by atoms with E-state index in [9.17, 15) is 9.59 Å². The van der Waals surface area contributed by atoms with E-state index in [0.717, 1.165) is 38.5 Å². The number of aliphatic hydroxyl groups excluding tert-OH is 1. The number of hydrogen-bond acceptors (Lipinski definition) is 3. The van der Waals surface area contributed by atoms with E-state index in [-0.39, 0.29) is 17.4 Å². The van der Waals surface area contributed by atoms with Crippen LogP contribution in [0, 0.1) is 6.92 Å². The van der Waals surface area contributed by atoms with Gasteiger partial charge in [-0.15, -0.1) is 0 Å². The highest BCUT2D eigenvalue weighted by atomic mass is 16.3. The molecule has 0 saturated heterocycles. The summed E-state index contributed by atoms with van der Waals surface area (Å²) in [6, 6.07) is 0. The molecule has 0 aromatic carbocycles. The van der Waals surface area contributed by atoms with Gasteiger partial charge in [0.05, 0.1) is 6.10 Å². The molecule has 0 aliphatic rings. The van der Waals surface area contributed by atoms with E-state index < -0.39 is 0 Å². The maximum absolute atomic E-state index is 11.9. The molecule has 1 atom stereocenters. The van der Waals surface area contributed by atoms with E-state index in [1.165, 1.54) is 9.13 Å². The Morgan fingerprint density at radius 2 is 1.75 bits per heavy atom. The van der Waals surface area contributed by atoms with Crippen molar-refractivity contribution in [1.29, 1.82) is 0 Å². The van der Waals surface area contributed by atoms with Gasteiger partial charge < -0.3 is 9.67 Å². The first-order chi connectivity index (χ1) is 9.43. The van der Waals surface area contributed by atoms with Crippen molar-refractivity contribution in [3.05, 3.63) is 32.6 Å². The Morgan fingerprint density at radius 1 is 1.15 bits per heavy atom. The first-order valence-electron chi connectivity index (χ1n) is 7.38. The van der Waals surface area contributed by atoms with Crippen LogP contribution in [-0.4, -0.2) is 20.3 Å². The summed E-state index contributed by atoms with van der Waals surface area (Å²) in [6.07, 6.45) is 7.25. The van der Waals surface area contributed by atoms with Crippen molar-refractivity contribution in [3.63, 3.8) is 0 Å². The standard InChI is InChI=1S/C15H26N2O3/c1-12-11-16(3)15(20)17(14(12)19)10-8-6-4-5-7-9-13(2)18/h11,13,18H,4-10H2,1-3H3. The van der Waals surface area contributed by atoms with Crippen molar-refractivity contribution in [2.75, 3.05) is 0 Å². The largest absolute Gasteiger partial charge is 0.393 e. The molecule has 0 aliphatic carbocycles. The molecule has 0 radical (unpaired) electrons. The Hall–Kier alpha value is -1.36. The minimum atomic E-state index is -0.241. The first-order valence-corrected chi connectivity index (χ1v) is 7.38. The Balaban J connectivity index is 2.40. The van der Waals surface area contributed by atoms with Crippen molar-refractivity contribution in [3.8, 4) is 0 Å². The summed E-state index contributed by atoms with van der Waals surface area (Å²) in [5.41, 5.74) is 0.181. The van der Waals surface area contributed by atoms with Crippen molar-refractivity contribution in [2.45, 2.75) is 65.0 Å². The summed E-state index contributed by atoms with van der Waals surface area (Å²) in [6.45, 7) is 4.03. The molecule has 0 amide bonds. The smallest absolute Gasteiger partial charge is 0.330 e. The molecule has 1 aromatic rings. The number of nitrogens with zero attached hydrogens (tertiary/aromatic N) is 2. The van der Waals surface area contributed by atoms with Crippen molar-refractivity contribution in [1.82, 2.24) is 9.13 Å². The van der Waals surface area contributed by atoms with Crippen LogP contribution in [0.5, 0.6) is 0 Å². The van der Waals surface area contributed by atoms with Gasteiger partial charge in [0.2, 0.25) is 0 Å². The van der Waals surface area contributed by atoms with Crippen molar-refractivity contribution < 1.29 is 5.11 Å². The third-order valence-electron chi connectivity index (χ3n) is 3.51. The second-order valence-electron chi connectivity index (χ2n) is 5.57. The van der Waals surface area contributed by atoms with Crippen LogP contribution in [0.1, 0.15) is 51.0 Å². The van der Waals surface area contributed by atoms with Gasteiger partial charge in [0.1, 0.15) is 0 Å². The number of aromatic nitrogens is 2. The maximum atomic E-state index is 11.9. The average Bonchev–Trinajstić information content (AvgIpc) is 2.38. The number of hydrogen-bond donors (Lipinski definition) is 1.